The third kappa shape index (κ3) is 4.17. The maximum absolute atomic E-state index is 12.1. The first-order chi connectivity index (χ1) is 10.1. The summed E-state index contributed by atoms with van der Waals surface area (Å²) >= 11 is 3.36. The van der Waals surface area contributed by atoms with Crippen molar-refractivity contribution >= 4 is 21.6 Å². The van der Waals surface area contributed by atoms with Crippen molar-refractivity contribution in [2.75, 3.05) is 11.9 Å². The molecule has 2 rings (SSSR count). The number of aryl methyl sites for hydroxylation is 2. The molecule has 0 aliphatic heterocycles. The molecule has 0 saturated carbocycles. The van der Waals surface area contributed by atoms with Gasteiger partial charge in [0.1, 0.15) is 4.47 Å². The van der Waals surface area contributed by atoms with Gasteiger partial charge in [-0.2, -0.15) is 10.2 Å². The van der Waals surface area contributed by atoms with Crippen molar-refractivity contribution in [2.45, 2.75) is 32.7 Å². The van der Waals surface area contributed by atoms with E-state index < -0.39 is 0 Å². The number of halogens is 1. The molecule has 0 radical (unpaired) electrons. The Bertz CT molecular complexity index is 649. The van der Waals surface area contributed by atoms with Crippen molar-refractivity contribution in [3.05, 3.63) is 39.0 Å². The Kier molecular flexibility index (Phi) is 5.55. The smallest absolute Gasteiger partial charge is 0.283 e. The van der Waals surface area contributed by atoms with Crippen LogP contribution in [0.4, 0.5) is 5.69 Å². The van der Waals surface area contributed by atoms with Crippen LogP contribution in [0.3, 0.4) is 0 Å². The van der Waals surface area contributed by atoms with E-state index in [2.05, 4.69) is 38.4 Å². The Morgan fingerprint density at radius 3 is 2.90 bits per heavy atom. The monoisotopic (exact) mass is 353 g/mol. The van der Waals surface area contributed by atoms with Crippen LogP contribution < -0.4 is 10.9 Å². The van der Waals surface area contributed by atoms with Gasteiger partial charge in [-0.1, -0.05) is 13.3 Å². The Morgan fingerprint density at radius 1 is 1.43 bits per heavy atom. The molecule has 1 N–H and O–H groups in total. The van der Waals surface area contributed by atoms with Crippen LogP contribution >= 0.6 is 15.9 Å². The zero-order valence-corrected chi connectivity index (χ0v) is 13.9. The van der Waals surface area contributed by atoms with Crippen LogP contribution in [0, 0.1) is 0 Å². The minimum absolute atomic E-state index is 0.0914. The molecule has 7 heteroatoms. The van der Waals surface area contributed by atoms with E-state index in [9.17, 15) is 4.79 Å². The Morgan fingerprint density at radius 2 is 2.24 bits per heavy atom. The van der Waals surface area contributed by atoms with Crippen molar-refractivity contribution in [1.82, 2.24) is 19.6 Å². The molecule has 21 heavy (non-hydrogen) atoms. The van der Waals surface area contributed by atoms with Gasteiger partial charge in [-0.25, -0.2) is 4.68 Å². The molecule has 0 unspecified atom stereocenters. The summed E-state index contributed by atoms with van der Waals surface area (Å²) in [6.45, 7) is 3.45. The summed E-state index contributed by atoms with van der Waals surface area (Å²) in [6.07, 6.45) is 6.40. The fourth-order valence-corrected chi connectivity index (χ4v) is 2.42. The van der Waals surface area contributed by atoms with E-state index in [0.717, 1.165) is 30.6 Å². The second-order valence-electron chi connectivity index (χ2n) is 4.91. The Balaban J connectivity index is 1.97. The predicted molar refractivity (Wildman–Crippen MR) is 86.5 cm³/mol. The van der Waals surface area contributed by atoms with E-state index in [4.69, 9.17) is 0 Å². The van der Waals surface area contributed by atoms with Crippen LogP contribution in [-0.4, -0.2) is 26.1 Å². The van der Waals surface area contributed by atoms with Crippen LogP contribution in [0.5, 0.6) is 0 Å². The fraction of sp³-hybridized carbons (Fsp3) is 0.500. The first-order valence-corrected chi connectivity index (χ1v) is 7.89. The summed E-state index contributed by atoms with van der Waals surface area (Å²) in [5.74, 6) is 0. The highest BCUT2D eigenvalue weighted by atomic mass is 79.9. The van der Waals surface area contributed by atoms with Crippen LogP contribution in [0.2, 0.25) is 0 Å². The number of unbranched alkanes of at least 4 members (excludes halogenated alkanes) is 1. The number of aromatic nitrogens is 4. The molecule has 0 spiro atoms. The van der Waals surface area contributed by atoms with Crippen LogP contribution in [0.25, 0.3) is 0 Å². The van der Waals surface area contributed by atoms with Gasteiger partial charge < -0.3 is 5.32 Å². The molecule has 0 aliphatic carbocycles. The number of hydrogen-bond acceptors (Lipinski definition) is 4. The van der Waals surface area contributed by atoms with Gasteiger partial charge in [0.2, 0.25) is 0 Å². The maximum Gasteiger partial charge on any atom is 0.283 e. The van der Waals surface area contributed by atoms with Crippen molar-refractivity contribution in [3.8, 4) is 0 Å². The van der Waals surface area contributed by atoms with Crippen molar-refractivity contribution in [2.24, 2.45) is 7.05 Å². The third-order valence-electron chi connectivity index (χ3n) is 3.17. The molecule has 0 fully saturated rings. The molecule has 2 aromatic heterocycles. The van der Waals surface area contributed by atoms with E-state index in [1.54, 1.807) is 10.9 Å². The molecule has 0 bridgehead atoms. The molecule has 2 heterocycles. The SMILES string of the molecule is CCCCn1ncc(NCCc2ccn(C)n2)c(Br)c1=O. The summed E-state index contributed by atoms with van der Waals surface area (Å²) in [6, 6.07) is 1.98. The van der Waals surface area contributed by atoms with Crippen LogP contribution in [0.15, 0.2) is 27.7 Å². The van der Waals surface area contributed by atoms with E-state index in [1.165, 1.54) is 4.68 Å². The Labute approximate surface area is 132 Å². The van der Waals surface area contributed by atoms with Gasteiger partial charge in [-0.05, 0) is 28.4 Å². The van der Waals surface area contributed by atoms with Gasteiger partial charge in [0.15, 0.2) is 0 Å². The van der Waals surface area contributed by atoms with Gasteiger partial charge in [-0.15, -0.1) is 0 Å². The maximum atomic E-state index is 12.1. The molecule has 0 aliphatic rings. The predicted octanol–water partition coefficient (Wildman–Crippen LogP) is 2.19. The molecule has 2 aromatic rings. The van der Waals surface area contributed by atoms with Gasteiger partial charge >= 0.3 is 0 Å². The van der Waals surface area contributed by atoms with E-state index >= 15 is 0 Å². The fourth-order valence-electron chi connectivity index (χ4n) is 1.98. The second-order valence-corrected chi connectivity index (χ2v) is 5.70. The molecule has 0 aromatic carbocycles. The highest BCUT2D eigenvalue weighted by Crippen LogP contribution is 2.16. The first-order valence-electron chi connectivity index (χ1n) is 7.10. The number of anilines is 1. The molecule has 114 valence electrons. The summed E-state index contributed by atoms with van der Waals surface area (Å²) < 4.78 is 3.81. The van der Waals surface area contributed by atoms with Crippen molar-refractivity contribution in [1.29, 1.82) is 0 Å². The van der Waals surface area contributed by atoms with Gasteiger partial charge in [0.05, 0.1) is 17.6 Å². The summed E-state index contributed by atoms with van der Waals surface area (Å²) in [4.78, 5) is 12.1. The zero-order chi connectivity index (χ0) is 15.2. The molecule has 0 amide bonds. The lowest BCUT2D eigenvalue weighted by Crippen LogP contribution is -2.24. The second kappa shape index (κ2) is 7.40. The summed E-state index contributed by atoms with van der Waals surface area (Å²) in [7, 11) is 1.90. The minimum Gasteiger partial charge on any atom is -0.382 e. The molecular weight excluding hydrogens is 334 g/mol. The lowest BCUT2D eigenvalue weighted by Gasteiger charge is -2.09. The number of rotatable bonds is 7. The van der Waals surface area contributed by atoms with Gasteiger partial charge in [-0.3, -0.25) is 9.48 Å². The van der Waals surface area contributed by atoms with E-state index in [-0.39, 0.29) is 5.56 Å². The highest BCUT2D eigenvalue weighted by molar-refractivity contribution is 9.10. The number of nitrogens with zero attached hydrogens (tertiary/aromatic N) is 4. The highest BCUT2D eigenvalue weighted by Gasteiger charge is 2.08. The largest absolute Gasteiger partial charge is 0.382 e. The standard InChI is InChI=1S/C14H20BrN5O/c1-3-4-8-20-14(21)13(15)12(10-17-20)16-7-5-11-6-9-19(2)18-11/h6,9-10,16H,3-5,7-8H2,1-2H3. The van der Waals surface area contributed by atoms with Crippen molar-refractivity contribution < 1.29 is 0 Å². The number of nitrogens with one attached hydrogen (secondary N) is 1. The normalized spacial score (nSPS) is 10.8. The molecule has 6 nitrogen and oxygen atoms in total. The van der Waals surface area contributed by atoms with Crippen molar-refractivity contribution in [3.63, 3.8) is 0 Å². The first kappa shape index (κ1) is 15.8. The number of hydrogen-bond donors (Lipinski definition) is 1. The molecule has 0 saturated heterocycles. The average Bonchev–Trinajstić information content (AvgIpc) is 2.88. The van der Waals surface area contributed by atoms with Crippen LogP contribution in [0.1, 0.15) is 25.5 Å². The molecular formula is C14H20BrN5O. The average molecular weight is 354 g/mol. The van der Waals surface area contributed by atoms with Gasteiger partial charge in [0, 0.05) is 32.8 Å². The van der Waals surface area contributed by atoms with E-state index in [0.29, 0.717) is 17.6 Å². The summed E-state index contributed by atoms with van der Waals surface area (Å²) in [5, 5.41) is 11.7. The summed E-state index contributed by atoms with van der Waals surface area (Å²) in [5.41, 5.74) is 1.65. The van der Waals surface area contributed by atoms with Gasteiger partial charge in [0.25, 0.3) is 5.56 Å². The third-order valence-corrected chi connectivity index (χ3v) is 3.94. The molecule has 0 atom stereocenters. The zero-order valence-electron chi connectivity index (χ0n) is 12.3. The lowest BCUT2D eigenvalue weighted by molar-refractivity contribution is 0.541. The van der Waals surface area contributed by atoms with E-state index in [1.807, 2.05) is 19.3 Å². The van der Waals surface area contributed by atoms with Crippen LogP contribution in [-0.2, 0) is 20.0 Å². The minimum atomic E-state index is -0.0914. The topological polar surface area (TPSA) is 64.7 Å². The lowest BCUT2D eigenvalue weighted by atomic mass is 10.3. The quantitative estimate of drug-likeness (QED) is 0.828. The Hall–Kier alpha value is -1.63.